The quantitative estimate of drug-likeness (QED) is 0.529. The zero-order valence-corrected chi connectivity index (χ0v) is 20.2. The second-order valence-corrected chi connectivity index (χ2v) is 9.11. The summed E-state index contributed by atoms with van der Waals surface area (Å²) in [6.07, 6.45) is 6.35. The van der Waals surface area contributed by atoms with Gasteiger partial charge < -0.3 is 20.9 Å². The van der Waals surface area contributed by atoms with E-state index in [1.54, 1.807) is 0 Å². The van der Waals surface area contributed by atoms with E-state index in [0.717, 1.165) is 77.8 Å². The van der Waals surface area contributed by atoms with Gasteiger partial charge in [0.2, 0.25) is 11.8 Å². The minimum absolute atomic E-state index is 0. The summed E-state index contributed by atoms with van der Waals surface area (Å²) in [6, 6.07) is 0.903. The van der Waals surface area contributed by atoms with Crippen LogP contribution in [0.1, 0.15) is 52.4 Å². The van der Waals surface area contributed by atoms with Gasteiger partial charge in [0, 0.05) is 38.3 Å². The van der Waals surface area contributed by atoms with Crippen LogP contribution in [0.4, 0.5) is 0 Å². The van der Waals surface area contributed by atoms with Gasteiger partial charge in [0.25, 0.3) is 0 Å². The third-order valence-corrected chi connectivity index (χ3v) is 6.54. The van der Waals surface area contributed by atoms with E-state index in [1.807, 2.05) is 0 Å². The molecule has 3 rings (SSSR count). The van der Waals surface area contributed by atoms with Crippen LogP contribution < -0.4 is 16.0 Å². The third-order valence-electron chi connectivity index (χ3n) is 6.54. The molecule has 176 valence electrons. The Labute approximate surface area is 194 Å². The van der Waals surface area contributed by atoms with Gasteiger partial charge in [0.05, 0.1) is 12.6 Å². The number of carbonyl (C=O) groups is 2. The zero-order chi connectivity index (χ0) is 19.9. The van der Waals surface area contributed by atoms with Gasteiger partial charge in [-0.15, -0.1) is 24.8 Å². The fourth-order valence-electron chi connectivity index (χ4n) is 4.77. The smallest absolute Gasteiger partial charge is 0.237 e. The molecule has 0 bridgehead atoms. The first kappa shape index (κ1) is 27.4. The van der Waals surface area contributed by atoms with Crippen molar-refractivity contribution in [2.24, 2.45) is 5.92 Å². The van der Waals surface area contributed by atoms with E-state index in [-0.39, 0.29) is 42.7 Å². The molecule has 0 saturated carbocycles. The molecule has 2 atom stereocenters. The SMILES string of the molecule is CC(C)N1CCC(NC(=O)CN2CCCC(CNC(=O)C3CCCN3)C2)CC1.Cl.Cl. The van der Waals surface area contributed by atoms with Gasteiger partial charge in [-0.25, -0.2) is 0 Å². The molecule has 3 aliphatic heterocycles. The summed E-state index contributed by atoms with van der Waals surface area (Å²) in [5, 5.41) is 9.60. The molecular formula is C21H41Cl2N5O2. The highest BCUT2D eigenvalue weighted by Gasteiger charge is 2.26. The second-order valence-electron chi connectivity index (χ2n) is 9.11. The Kier molecular flexibility index (Phi) is 12.6. The molecule has 30 heavy (non-hydrogen) atoms. The summed E-state index contributed by atoms with van der Waals surface area (Å²) in [7, 11) is 0. The Balaban J connectivity index is 0.00000225. The van der Waals surface area contributed by atoms with E-state index in [4.69, 9.17) is 0 Å². The van der Waals surface area contributed by atoms with Crippen molar-refractivity contribution in [1.29, 1.82) is 0 Å². The van der Waals surface area contributed by atoms with Crippen LogP contribution in [0.3, 0.4) is 0 Å². The third kappa shape index (κ3) is 8.50. The van der Waals surface area contributed by atoms with Gasteiger partial charge in [0.1, 0.15) is 0 Å². The van der Waals surface area contributed by atoms with Crippen molar-refractivity contribution in [2.75, 3.05) is 45.8 Å². The van der Waals surface area contributed by atoms with Crippen LogP contribution in [-0.2, 0) is 9.59 Å². The molecule has 0 aromatic carbocycles. The number of rotatable bonds is 7. The van der Waals surface area contributed by atoms with E-state index < -0.39 is 0 Å². The molecule has 0 spiro atoms. The van der Waals surface area contributed by atoms with Crippen molar-refractivity contribution in [3.05, 3.63) is 0 Å². The Morgan fingerprint density at radius 1 is 1.03 bits per heavy atom. The van der Waals surface area contributed by atoms with Gasteiger partial charge >= 0.3 is 0 Å². The molecule has 3 N–H and O–H groups in total. The molecule has 3 fully saturated rings. The molecule has 0 aliphatic carbocycles. The van der Waals surface area contributed by atoms with E-state index in [0.29, 0.717) is 24.5 Å². The van der Waals surface area contributed by atoms with Crippen molar-refractivity contribution in [2.45, 2.75) is 70.5 Å². The minimum Gasteiger partial charge on any atom is -0.354 e. The van der Waals surface area contributed by atoms with Gasteiger partial charge in [-0.3, -0.25) is 14.5 Å². The first-order chi connectivity index (χ1) is 13.5. The molecule has 2 unspecified atom stereocenters. The normalized spacial score (nSPS) is 26.0. The van der Waals surface area contributed by atoms with Gasteiger partial charge in [-0.2, -0.15) is 0 Å². The maximum absolute atomic E-state index is 12.5. The molecule has 3 saturated heterocycles. The van der Waals surface area contributed by atoms with Crippen LogP contribution in [0.5, 0.6) is 0 Å². The maximum atomic E-state index is 12.5. The van der Waals surface area contributed by atoms with Gasteiger partial charge in [0.15, 0.2) is 0 Å². The number of amides is 2. The van der Waals surface area contributed by atoms with Crippen molar-refractivity contribution in [1.82, 2.24) is 25.8 Å². The number of likely N-dealkylation sites (tertiary alicyclic amines) is 2. The molecule has 7 nitrogen and oxygen atoms in total. The highest BCUT2D eigenvalue weighted by Crippen LogP contribution is 2.17. The number of hydrogen-bond donors (Lipinski definition) is 3. The largest absolute Gasteiger partial charge is 0.354 e. The summed E-state index contributed by atoms with van der Waals surface area (Å²) in [6.45, 7) is 10.7. The molecule has 9 heteroatoms. The molecule has 0 aromatic rings. The Morgan fingerprint density at radius 3 is 2.40 bits per heavy atom. The zero-order valence-electron chi connectivity index (χ0n) is 18.5. The van der Waals surface area contributed by atoms with E-state index >= 15 is 0 Å². The number of carbonyl (C=O) groups excluding carboxylic acids is 2. The predicted molar refractivity (Wildman–Crippen MR) is 126 cm³/mol. The first-order valence-electron chi connectivity index (χ1n) is 11.3. The van der Waals surface area contributed by atoms with Crippen molar-refractivity contribution >= 4 is 36.6 Å². The van der Waals surface area contributed by atoms with Gasteiger partial charge in [-0.05, 0) is 71.4 Å². The Bertz CT molecular complexity index is 524. The van der Waals surface area contributed by atoms with E-state index in [2.05, 4.69) is 39.6 Å². The lowest BCUT2D eigenvalue weighted by molar-refractivity contribution is -0.125. The number of piperidine rings is 2. The molecule has 3 heterocycles. The average Bonchev–Trinajstić information content (AvgIpc) is 3.21. The Morgan fingerprint density at radius 2 is 1.77 bits per heavy atom. The van der Waals surface area contributed by atoms with Crippen LogP contribution in [0, 0.1) is 5.92 Å². The lowest BCUT2D eigenvalue weighted by Crippen LogP contribution is -2.50. The van der Waals surface area contributed by atoms with Crippen molar-refractivity contribution < 1.29 is 9.59 Å². The highest BCUT2D eigenvalue weighted by molar-refractivity contribution is 5.85. The standard InChI is InChI=1S/C21H39N5O2.2ClH/c1-16(2)26-11-7-18(8-12-26)24-20(27)15-25-10-4-5-17(14-25)13-23-21(28)19-6-3-9-22-19;;/h16-19,22H,3-15H2,1-2H3,(H,23,28)(H,24,27);2*1H. The van der Waals surface area contributed by atoms with Crippen LogP contribution >= 0.6 is 24.8 Å². The van der Waals surface area contributed by atoms with Crippen molar-refractivity contribution in [3.63, 3.8) is 0 Å². The number of nitrogens with zero attached hydrogens (tertiary/aromatic N) is 2. The fourth-order valence-corrected chi connectivity index (χ4v) is 4.77. The molecule has 0 radical (unpaired) electrons. The second kappa shape index (κ2) is 13.7. The minimum atomic E-state index is -0.00687. The first-order valence-corrected chi connectivity index (χ1v) is 11.3. The molecule has 2 amide bonds. The summed E-state index contributed by atoms with van der Waals surface area (Å²) in [5.41, 5.74) is 0. The van der Waals surface area contributed by atoms with Crippen LogP contribution in [0.2, 0.25) is 0 Å². The van der Waals surface area contributed by atoms with E-state index in [1.165, 1.54) is 0 Å². The number of halogens is 2. The monoisotopic (exact) mass is 465 g/mol. The number of nitrogens with one attached hydrogen (secondary N) is 3. The summed E-state index contributed by atoms with van der Waals surface area (Å²) in [5.74, 6) is 0.740. The summed E-state index contributed by atoms with van der Waals surface area (Å²) < 4.78 is 0. The summed E-state index contributed by atoms with van der Waals surface area (Å²) in [4.78, 5) is 29.4. The lowest BCUT2D eigenvalue weighted by atomic mass is 9.97. The van der Waals surface area contributed by atoms with E-state index in [9.17, 15) is 9.59 Å². The van der Waals surface area contributed by atoms with Crippen LogP contribution in [-0.4, -0.2) is 85.6 Å². The molecular weight excluding hydrogens is 425 g/mol. The Hall–Kier alpha value is -0.600. The fraction of sp³-hybridized carbons (Fsp3) is 0.905. The average molecular weight is 466 g/mol. The predicted octanol–water partition coefficient (Wildman–Crippen LogP) is 1.40. The van der Waals surface area contributed by atoms with Crippen LogP contribution in [0.25, 0.3) is 0 Å². The number of hydrogen-bond acceptors (Lipinski definition) is 5. The topological polar surface area (TPSA) is 76.7 Å². The van der Waals surface area contributed by atoms with Crippen molar-refractivity contribution in [3.8, 4) is 0 Å². The molecule has 3 aliphatic rings. The van der Waals surface area contributed by atoms with Gasteiger partial charge in [-0.1, -0.05) is 0 Å². The van der Waals surface area contributed by atoms with Crippen LogP contribution in [0.15, 0.2) is 0 Å². The summed E-state index contributed by atoms with van der Waals surface area (Å²) >= 11 is 0. The maximum Gasteiger partial charge on any atom is 0.237 e. The molecule has 0 aromatic heterocycles. The highest BCUT2D eigenvalue weighted by atomic mass is 35.5. The lowest BCUT2D eigenvalue weighted by Gasteiger charge is -2.36.